The maximum Gasteiger partial charge on any atom is 0.220 e. The standard InChI is InChI=1S/C15H29NO4.C7H17N.C2H6/c1-14(2)6-4-3-5-7-15(18)16-8-10-19-12-13-20-11-9-17;1-2-3-4-5-6-7-8;1-2/h9,14H,3-8,10-13H2,1-2H3,(H,16,18);2-8H2,1H3;1-2H3. The Morgan fingerprint density at radius 3 is 2.17 bits per heavy atom. The van der Waals surface area contributed by atoms with Gasteiger partial charge in [-0.1, -0.05) is 79.6 Å². The maximum atomic E-state index is 11.5. The van der Waals surface area contributed by atoms with Crippen LogP contribution in [0.4, 0.5) is 0 Å². The number of nitrogens with one attached hydrogen (secondary N) is 1. The minimum atomic E-state index is 0.0929. The Bertz CT molecular complexity index is 320. The molecule has 0 atom stereocenters. The van der Waals surface area contributed by atoms with Gasteiger partial charge in [-0.05, 0) is 25.3 Å². The van der Waals surface area contributed by atoms with Crippen molar-refractivity contribution in [1.29, 1.82) is 0 Å². The lowest BCUT2D eigenvalue weighted by Crippen LogP contribution is -2.27. The molecule has 30 heavy (non-hydrogen) atoms. The number of carbonyl (C=O) groups excluding carboxylic acids is 2. The Labute approximate surface area is 187 Å². The van der Waals surface area contributed by atoms with Gasteiger partial charge in [0.1, 0.15) is 12.9 Å². The van der Waals surface area contributed by atoms with Gasteiger partial charge in [0.25, 0.3) is 0 Å². The van der Waals surface area contributed by atoms with Crippen LogP contribution in [0.25, 0.3) is 0 Å². The first-order chi connectivity index (χ1) is 14.6. The van der Waals surface area contributed by atoms with Crippen molar-refractivity contribution in [3.05, 3.63) is 0 Å². The number of unbranched alkanes of at least 4 members (excludes halogenated alkanes) is 6. The fourth-order valence-corrected chi connectivity index (χ4v) is 2.47. The number of ether oxygens (including phenoxy) is 2. The van der Waals surface area contributed by atoms with E-state index in [4.69, 9.17) is 15.2 Å². The third-order valence-corrected chi connectivity index (χ3v) is 4.12. The van der Waals surface area contributed by atoms with Gasteiger partial charge in [-0.3, -0.25) is 4.79 Å². The molecule has 1 amide bonds. The molecule has 0 unspecified atom stereocenters. The number of nitrogens with two attached hydrogens (primary N) is 1. The molecule has 0 saturated heterocycles. The monoisotopic (exact) mass is 432 g/mol. The molecular weight excluding hydrogens is 380 g/mol. The SMILES string of the molecule is CC.CC(C)CCCCCC(=O)NCCOCCOCC=O.CCCCCCCN. The van der Waals surface area contributed by atoms with Crippen LogP contribution in [0.3, 0.4) is 0 Å². The van der Waals surface area contributed by atoms with Gasteiger partial charge in [0.05, 0.1) is 19.8 Å². The molecule has 0 aromatic rings. The lowest BCUT2D eigenvalue weighted by Gasteiger charge is -2.07. The Kier molecular flexibility index (Phi) is 36.7. The average Bonchev–Trinajstić information content (AvgIpc) is 2.74. The summed E-state index contributed by atoms with van der Waals surface area (Å²) in [6, 6.07) is 0. The molecule has 0 aliphatic carbocycles. The second-order valence-corrected chi connectivity index (χ2v) is 7.40. The third-order valence-electron chi connectivity index (χ3n) is 4.12. The molecule has 0 rings (SSSR count). The van der Waals surface area contributed by atoms with Crippen LogP contribution < -0.4 is 11.1 Å². The maximum absolute atomic E-state index is 11.5. The molecule has 0 radical (unpaired) electrons. The normalized spacial score (nSPS) is 9.97. The van der Waals surface area contributed by atoms with Crippen molar-refractivity contribution in [2.75, 3.05) is 39.5 Å². The first kappa shape index (κ1) is 33.7. The summed E-state index contributed by atoms with van der Waals surface area (Å²) in [5.74, 6) is 0.840. The van der Waals surface area contributed by atoms with E-state index in [0.717, 1.165) is 25.3 Å². The molecule has 0 aromatic heterocycles. The van der Waals surface area contributed by atoms with E-state index < -0.39 is 0 Å². The van der Waals surface area contributed by atoms with Gasteiger partial charge in [0.15, 0.2) is 0 Å². The highest BCUT2D eigenvalue weighted by Crippen LogP contribution is 2.09. The summed E-state index contributed by atoms with van der Waals surface area (Å²) in [4.78, 5) is 21.4. The largest absolute Gasteiger partial charge is 0.377 e. The Balaban J connectivity index is -0.000000609. The first-order valence-electron chi connectivity index (χ1n) is 12.1. The quantitative estimate of drug-likeness (QED) is 0.224. The second-order valence-electron chi connectivity index (χ2n) is 7.40. The van der Waals surface area contributed by atoms with E-state index >= 15 is 0 Å². The molecule has 182 valence electrons. The highest BCUT2D eigenvalue weighted by atomic mass is 16.5. The van der Waals surface area contributed by atoms with Crippen LogP contribution in [-0.4, -0.2) is 51.7 Å². The minimum absolute atomic E-state index is 0.0929. The summed E-state index contributed by atoms with van der Waals surface area (Å²) in [5.41, 5.74) is 5.31. The lowest BCUT2D eigenvalue weighted by molar-refractivity contribution is -0.121. The van der Waals surface area contributed by atoms with Crippen molar-refractivity contribution in [1.82, 2.24) is 5.32 Å². The van der Waals surface area contributed by atoms with Crippen LogP contribution in [0.15, 0.2) is 0 Å². The topological polar surface area (TPSA) is 90.6 Å². The fourth-order valence-electron chi connectivity index (χ4n) is 2.47. The molecule has 0 fully saturated rings. The fraction of sp³-hybridized carbons (Fsp3) is 0.917. The zero-order valence-corrected chi connectivity index (χ0v) is 20.7. The smallest absolute Gasteiger partial charge is 0.220 e. The van der Waals surface area contributed by atoms with Crippen molar-refractivity contribution in [3.63, 3.8) is 0 Å². The van der Waals surface area contributed by atoms with Gasteiger partial charge < -0.3 is 25.3 Å². The number of rotatable bonds is 19. The number of aldehydes is 1. The van der Waals surface area contributed by atoms with E-state index in [2.05, 4.69) is 26.1 Å². The highest BCUT2D eigenvalue weighted by molar-refractivity contribution is 5.75. The Morgan fingerprint density at radius 2 is 1.57 bits per heavy atom. The zero-order chi connectivity index (χ0) is 23.3. The van der Waals surface area contributed by atoms with Crippen LogP contribution in [0.5, 0.6) is 0 Å². The van der Waals surface area contributed by atoms with E-state index in [9.17, 15) is 9.59 Å². The molecule has 0 aromatic carbocycles. The predicted molar refractivity (Wildman–Crippen MR) is 128 cm³/mol. The number of carbonyl (C=O) groups is 2. The van der Waals surface area contributed by atoms with Gasteiger partial charge in [0.2, 0.25) is 5.91 Å². The summed E-state index contributed by atoms with van der Waals surface area (Å²) in [6.07, 6.45) is 12.4. The summed E-state index contributed by atoms with van der Waals surface area (Å²) < 4.78 is 10.2. The summed E-state index contributed by atoms with van der Waals surface area (Å²) in [6.45, 7) is 13.5. The third kappa shape index (κ3) is 37.7. The van der Waals surface area contributed by atoms with Crippen molar-refractivity contribution in [2.45, 2.75) is 98.8 Å². The Morgan fingerprint density at radius 1 is 0.933 bits per heavy atom. The molecule has 0 aliphatic rings. The molecule has 0 saturated carbocycles. The molecule has 0 bridgehead atoms. The van der Waals surface area contributed by atoms with Crippen LogP contribution >= 0.6 is 0 Å². The first-order valence-corrected chi connectivity index (χ1v) is 12.1. The molecule has 0 heterocycles. The number of amides is 1. The van der Waals surface area contributed by atoms with Gasteiger partial charge in [-0.15, -0.1) is 0 Å². The number of hydrogen-bond donors (Lipinski definition) is 2. The van der Waals surface area contributed by atoms with Crippen LogP contribution in [0.1, 0.15) is 98.8 Å². The molecule has 6 nitrogen and oxygen atoms in total. The van der Waals surface area contributed by atoms with E-state index in [1.54, 1.807) is 0 Å². The number of hydrogen-bond acceptors (Lipinski definition) is 5. The van der Waals surface area contributed by atoms with E-state index in [1.165, 1.54) is 44.9 Å². The van der Waals surface area contributed by atoms with E-state index in [-0.39, 0.29) is 12.5 Å². The molecule has 3 N–H and O–H groups in total. The molecule has 6 heteroatoms. The molecule has 0 aliphatic heterocycles. The van der Waals surface area contributed by atoms with Crippen LogP contribution in [-0.2, 0) is 19.1 Å². The van der Waals surface area contributed by atoms with Crippen LogP contribution in [0.2, 0.25) is 0 Å². The minimum Gasteiger partial charge on any atom is -0.377 e. The molecular formula is C24H52N2O4. The lowest BCUT2D eigenvalue weighted by atomic mass is 10.0. The Hall–Kier alpha value is -0.980. The highest BCUT2D eigenvalue weighted by Gasteiger charge is 2.01. The average molecular weight is 433 g/mol. The van der Waals surface area contributed by atoms with Gasteiger partial charge >= 0.3 is 0 Å². The zero-order valence-electron chi connectivity index (χ0n) is 20.7. The predicted octanol–water partition coefficient (Wildman–Crippen LogP) is 4.88. The van der Waals surface area contributed by atoms with Gasteiger partial charge in [-0.2, -0.15) is 0 Å². The summed E-state index contributed by atoms with van der Waals surface area (Å²) in [7, 11) is 0. The van der Waals surface area contributed by atoms with Crippen molar-refractivity contribution >= 4 is 12.2 Å². The van der Waals surface area contributed by atoms with Crippen molar-refractivity contribution in [2.24, 2.45) is 11.7 Å². The summed E-state index contributed by atoms with van der Waals surface area (Å²) in [5, 5.41) is 2.82. The molecule has 0 spiro atoms. The van der Waals surface area contributed by atoms with Gasteiger partial charge in [-0.25, -0.2) is 0 Å². The summed E-state index contributed by atoms with van der Waals surface area (Å²) >= 11 is 0. The second kappa shape index (κ2) is 32.7. The van der Waals surface area contributed by atoms with Crippen LogP contribution in [0, 0.1) is 5.92 Å². The van der Waals surface area contributed by atoms with E-state index in [1.807, 2.05) is 13.8 Å². The van der Waals surface area contributed by atoms with Gasteiger partial charge in [0, 0.05) is 13.0 Å². The van der Waals surface area contributed by atoms with Crippen molar-refractivity contribution in [3.8, 4) is 0 Å². The van der Waals surface area contributed by atoms with E-state index in [0.29, 0.717) is 39.1 Å². The van der Waals surface area contributed by atoms with Crippen molar-refractivity contribution < 1.29 is 19.1 Å².